The number of rotatable bonds is 15. The van der Waals surface area contributed by atoms with E-state index >= 15 is 0 Å². The summed E-state index contributed by atoms with van der Waals surface area (Å²) < 4.78 is 34.0. The van der Waals surface area contributed by atoms with Crippen LogP contribution >= 0.6 is 34.0 Å². The van der Waals surface area contributed by atoms with Gasteiger partial charge in [-0.25, -0.2) is 29.9 Å². The predicted molar refractivity (Wildman–Crippen MR) is 350 cm³/mol. The van der Waals surface area contributed by atoms with Crippen molar-refractivity contribution in [3.8, 4) is 0 Å². The number of ether oxygens (including phenoxy) is 6. The molecule has 0 spiro atoms. The molecule has 450 valence electrons. The summed E-state index contributed by atoms with van der Waals surface area (Å²) >= 11 is 5.23. The second kappa shape index (κ2) is 24.5. The van der Waals surface area contributed by atoms with E-state index in [1.54, 1.807) is 95.7 Å². The van der Waals surface area contributed by atoms with Crippen LogP contribution in [0.1, 0.15) is 101 Å². The molecule has 15 rings (SSSR count). The first-order valence-electron chi connectivity index (χ1n) is 29.5. The Balaban J connectivity index is 0.000000121. The van der Waals surface area contributed by atoms with Gasteiger partial charge in [-0.05, 0) is 144 Å². The topological polar surface area (TPSA) is 206 Å². The minimum atomic E-state index is -0.250. The molecule has 9 heterocycles. The average Bonchev–Trinajstić information content (AvgIpc) is 1.79. The van der Waals surface area contributed by atoms with Crippen LogP contribution in [0.15, 0.2) is 70.4 Å². The molecular formula is C66H72N12O6S3. The molecule has 0 saturated heterocycles. The van der Waals surface area contributed by atoms with E-state index in [4.69, 9.17) is 28.4 Å². The smallest absolute Gasteiger partial charge is 0.142 e. The van der Waals surface area contributed by atoms with Crippen LogP contribution in [0.4, 0.5) is 34.5 Å². The van der Waals surface area contributed by atoms with Crippen LogP contribution in [0.25, 0.3) is 30.6 Å². The molecule has 21 heteroatoms. The monoisotopic (exact) mass is 1220 g/mol. The van der Waals surface area contributed by atoms with Crippen molar-refractivity contribution >= 4 is 118 Å². The van der Waals surface area contributed by atoms with Crippen LogP contribution in [0.2, 0.25) is 0 Å². The summed E-state index contributed by atoms with van der Waals surface area (Å²) in [6, 6.07) is 13.1. The predicted octanol–water partition coefficient (Wildman–Crippen LogP) is 12.6. The third-order valence-electron chi connectivity index (χ3n) is 18.2. The van der Waals surface area contributed by atoms with Crippen molar-refractivity contribution in [1.29, 1.82) is 0 Å². The number of methoxy groups -OCH3 is 6. The maximum atomic E-state index is 5.87. The lowest BCUT2D eigenvalue weighted by Crippen LogP contribution is -2.41. The van der Waals surface area contributed by atoms with Gasteiger partial charge in [0.25, 0.3) is 0 Å². The molecule has 3 N–H and O–H groups in total. The number of nitrogens with zero attached hydrogens (tertiary/aromatic N) is 9. The minimum Gasteiger partial charge on any atom is -0.382 e. The van der Waals surface area contributed by atoms with Crippen LogP contribution in [0, 0.1) is 20.8 Å². The first-order chi connectivity index (χ1) is 42.4. The van der Waals surface area contributed by atoms with Gasteiger partial charge < -0.3 is 44.4 Å². The molecule has 6 aromatic heterocycles. The second-order valence-electron chi connectivity index (χ2n) is 23.6. The Morgan fingerprint density at radius 3 is 0.989 bits per heavy atom. The molecule has 9 aromatic rings. The molecule has 3 aliphatic carbocycles. The summed E-state index contributed by atoms with van der Waals surface area (Å²) in [5.74, 6) is 2.63. The molecule has 0 bridgehead atoms. The van der Waals surface area contributed by atoms with Crippen molar-refractivity contribution < 1.29 is 28.4 Å². The van der Waals surface area contributed by atoms with Crippen LogP contribution in [0.5, 0.6) is 0 Å². The summed E-state index contributed by atoms with van der Waals surface area (Å²) in [6.07, 6.45) is 18.9. The molecule has 0 amide bonds. The highest BCUT2D eigenvalue weighted by Gasteiger charge is 2.40. The number of aliphatic imine (C=N–C) groups is 3. The SMILES string of the molecule is COCC1(OC)CCc2c(sc3ncnc(Nc4cc5c(cc4C)CN=C5)c23)C1.COC[C@@]1(OC)CCc2c(sc3ncnc(Nc4cc5c(cc4C)CN=C5)c23)C1.COC[C@]1(OC)CCc2c(sc3ncnc(Nc4cc5c(cc4C)CN=C5)c23)C1. The lowest BCUT2D eigenvalue weighted by Gasteiger charge is -2.35. The Morgan fingerprint density at radius 2 is 0.713 bits per heavy atom. The van der Waals surface area contributed by atoms with Gasteiger partial charge in [0.15, 0.2) is 0 Å². The van der Waals surface area contributed by atoms with Gasteiger partial charge >= 0.3 is 0 Å². The number of thiophene rings is 3. The van der Waals surface area contributed by atoms with E-state index in [2.05, 4.69) is 118 Å². The number of fused-ring (bicyclic) bond motifs is 12. The fraction of sp³-hybridized carbons (Fsp3) is 0.409. The maximum absolute atomic E-state index is 5.87. The molecule has 18 nitrogen and oxygen atoms in total. The van der Waals surface area contributed by atoms with E-state index in [9.17, 15) is 0 Å². The van der Waals surface area contributed by atoms with E-state index in [1.165, 1.54) is 81.4 Å². The van der Waals surface area contributed by atoms with E-state index in [-0.39, 0.29) is 16.8 Å². The summed E-state index contributed by atoms with van der Waals surface area (Å²) in [6.45, 7) is 10.5. The highest BCUT2D eigenvalue weighted by Crippen LogP contribution is 2.47. The average molecular weight is 1230 g/mol. The molecule has 0 radical (unpaired) electrons. The summed E-state index contributed by atoms with van der Waals surface area (Å²) in [5.41, 5.74) is 17.5. The van der Waals surface area contributed by atoms with Crippen molar-refractivity contribution in [1.82, 2.24) is 29.9 Å². The minimum absolute atomic E-state index is 0.250. The van der Waals surface area contributed by atoms with Crippen molar-refractivity contribution in [2.45, 2.75) is 115 Å². The Morgan fingerprint density at radius 1 is 0.414 bits per heavy atom. The lowest BCUT2D eigenvalue weighted by atomic mass is 9.84. The third-order valence-corrected chi connectivity index (χ3v) is 21.6. The zero-order chi connectivity index (χ0) is 60.0. The fourth-order valence-corrected chi connectivity index (χ4v) is 17.3. The first kappa shape index (κ1) is 58.9. The van der Waals surface area contributed by atoms with Gasteiger partial charge in [-0.1, -0.05) is 18.2 Å². The van der Waals surface area contributed by atoms with Crippen molar-refractivity contribution in [2.75, 3.05) is 78.4 Å². The molecule has 3 aliphatic heterocycles. The normalized spacial score (nSPS) is 20.1. The molecule has 0 saturated carbocycles. The molecule has 3 atom stereocenters. The Labute approximate surface area is 518 Å². The summed E-state index contributed by atoms with van der Waals surface area (Å²) in [4.78, 5) is 47.7. The largest absolute Gasteiger partial charge is 0.382 e. The molecule has 0 fully saturated rings. The van der Waals surface area contributed by atoms with Gasteiger partial charge in [-0.2, -0.15) is 0 Å². The van der Waals surface area contributed by atoms with Gasteiger partial charge in [0.05, 0.1) is 72.4 Å². The number of aryl methyl sites for hydroxylation is 6. The number of hydrogen-bond donors (Lipinski definition) is 3. The zero-order valence-corrected chi connectivity index (χ0v) is 53.2. The quantitative estimate of drug-likeness (QED) is 0.0873. The lowest BCUT2D eigenvalue weighted by molar-refractivity contribution is -0.0715. The maximum Gasteiger partial charge on any atom is 0.142 e. The summed E-state index contributed by atoms with van der Waals surface area (Å²) in [5, 5.41) is 14.2. The number of anilines is 6. The second-order valence-corrected chi connectivity index (χ2v) is 26.8. The van der Waals surface area contributed by atoms with E-state index < -0.39 is 0 Å². The van der Waals surface area contributed by atoms with Gasteiger partial charge in [0, 0.05) is 112 Å². The molecule has 87 heavy (non-hydrogen) atoms. The fourth-order valence-electron chi connectivity index (χ4n) is 13.3. The Hall–Kier alpha value is -7.05. The number of hydrogen-bond acceptors (Lipinski definition) is 21. The van der Waals surface area contributed by atoms with E-state index in [1.807, 2.05) is 18.6 Å². The van der Waals surface area contributed by atoms with Gasteiger partial charge in [0.2, 0.25) is 0 Å². The first-order valence-corrected chi connectivity index (χ1v) is 31.9. The van der Waals surface area contributed by atoms with Crippen LogP contribution in [-0.2, 0) is 86.6 Å². The van der Waals surface area contributed by atoms with Crippen molar-refractivity contribution in [3.05, 3.63) is 137 Å². The van der Waals surface area contributed by atoms with Gasteiger partial charge in [-0.15, -0.1) is 34.0 Å². The van der Waals surface area contributed by atoms with E-state index in [0.717, 1.165) is 143 Å². The molecule has 3 aromatic carbocycles. The number of nitrogens with one attached hydrogen (secondary N) is 3. The highest BCUT2D eigenvalue weighted by atomic mass is 32.1. The highest BCUT2D eigenvalue weighted by molar-refractivity contribution is 7.19. The third kappa shape index (κ3) is 11.3. The van der Waals surface area contributed by atoms with Gasteiger partial charge in [0.1, 0.15) is 50.9 Å². The van der Waals surface area contributed by atoms with Crippen molar-refractivity contribution in [3.63, 3.8) is 0 Å². The number of aromatic nitrogens is 6. The van der Waals surface area contributed by atoms with E-state index in [0.29, 0.717) is 19.8 Å². The Bertz CT molecular complexity index is 3790. The summed E-state index contributed by atoms with van der Waals surface area (Å²) in [7, 11) is 10.5. The molecule has 1 unspecified atom stereocenters. The molecular weight excluding hydrogens is 1150 g/mol. The van der Waals surface area contributed by atoms with Gasteiger partial charge in [-0.3, -0.25) is 15.0 Å². The Kier molecular flexibility index (Phi) is 16.6. The zero-order valence-electron chi connectivity index (χ0n) is 50.7. The standard InChI is InChI=1S/3C22H24N4O2S/c3*1-13-6-14-9-23-10-15(14)7-17(13)26-20-19-16-4-5-22(28-3,11-27-2)8-18(16)29-21(19)25-12-24-20/h3*6-7,10,12H,4-5,8-9,11H2,1-3H3,(H,24,25,26)/t2*22-;/m10./s1. The van der Waals surface area contributed by atoms with Crippen LogP contribution in [-0.4, -0.2) is 128 Å². The van der Waals surface area contributed by atoms with Crippen molar-refractivity contribution in [2.24, 2.45) is 15.0 Å². The number of benzene rings is 3. The van der Waals surface area contributed by atoms with Crippen LogP contribution < -0.4 is 16.0 Å². The molecule has 6 aliphatic rings. The van der Waals surface area contributed by atoms with Crippen LogP contribution in [0.3, 0.4) is 0 Å².